The molecule has 23 heavy (non-hydrogen) atoms. The predicted molar refractivity (Wildman–Crippen MR) is 75.5 cm³/mol. The Bertz CT molecular complexity index is 838. The van der Waals surface area contributed by atoms with Crippen molar-refractivity contribution in [2.45, 2.75) is 10.9 Å². The van der Waals surface area contributed by atoms with Crippen molar-refractivity contribution in [3.05, 3.63) is 17.7 Å². The average molecular weight is 337 g/mol. The topological polar surface area (TPSA) is 153 Å². The molecule has 3 aromatic heterocycles. The molecule has 0 aliphatic heterocycles. The van der Waals surface area contributed by atoms with Gasteiger partial charge in [0.2, 0.25) is 11.6 Å². The normalized spacial score (nSPS) is 10.9. The van der Waals surface area contributed by atoms with E-state index in [0.717, 1.165) is 0 Å². The van der Waals surface area contributed by atoms with E-state index in [1.165, 1.54) is 23.6 Å². The molecule has 0 aromatic carbocycles. The molecule has 3 aromatic rings. The first-order valence-corrected chi connectivity index (χ1v) is 7.18. The summed E-state index contributed by atoms with van der Waals surface area (Å²) in [6.07, 6.45) is 1.57. The first-order valence-electron chi connectivity index (χ1n) is 6.20. The monoisotopic (exact) mass is 337 g/mol. The van der Waals surface area contributed by atoms with Crippen LogP contribution in [0.1, 0.15) is 16.2 Å². The minimum absolute atomic E-state index is 0.0243. The van der Waals surface area contributed by atoms with Gasteiger partial charge in [0.05, 0.1) is 12.8 Å². The first kappa shape index (κ1) is 15.0. The third-order valence-corrected chi connectivity index (χ3v) is 3.89. The summed E-state index contributed by atoms with van der Waals surface area (Å²) >= 11 is 1.33. The van der Waals surface area contributed by atoms with Gasteiger partial charge in [-0.25, -0.2) is 9.42 Å². The molecule has 0 aliphatic rings. The van der Waals surface area contributed by atoms with E-state index in [9.17, 15) is 4.79 Å². The largest absolute Gasteiger partial charge is 0.464 e. The lowest BCUT2D eigenvalue weighted by molar-refractivity contribution is 0.0593. The molecule has 0 aliphatic carbocycles. The number of aryl methyl sites for hydroxylation is 1. The number of carbonyl (C=O) groups is 1. The molecule has 0 saturated carbocycles. The molecule has 0 radical (unpaired) electrons. The van der Waals surface area contributed by atoms with Gasteiger partial charge in [0, 0.05) is 12.8 Å². The molecular formula is C10H11N9O3S. The fourth-order valence-corrected chi connectivity index (χ4v) is 2.61. The zero-order valence-corrected chi connectivity index (χ0v) is 12.9. The van der Waals surface area contributed by atoms with Crippen molar-refractivity contribution in [2.75, 3.05) is 12.8 Å². The number of nitrogen functional groups attached to an aromatic ring is 1. The Labute approximate surface area is 133 Å². The molecule has 0 unspecified atom stereocenters. The smallest absolute Gasteiger partial charge is 0.360 e. The van der Waals surface area contributed by atoms with Crippen molar-refractivity contribution < 1.29 is 14.2 Å². The number of ether oxygens (including phenoxy) is 1. The van der Waals surface area contributed by atoms with Crippen molar-refractivity contribution in [1.29, 1.82) is 0 Å². The maximum atomic E-state index is 11.9. The van der Waals surface area contributed by atoms with Gasteiger partial charge in [-0.05, 0) is 10.3 Å². The molecule has 0 bridgehead atoms. The summed E-state index contributed by atoms with van der Waals surface area (Å²) in [6, 6.07) is 0. The second kappa shape index (κ2) is 6.04. The van der Waals surface area contributed by atoms with Crippen LogP contribution in [0.3, 0.4) is 0 Å². The van der Waals surface area contributed by atoms with E-state index in [4.69, 9.17) is 10.5 Å². The number of rotatable bonds is 5. The van der Waals surface area contributed by atoms with Crippen LogP contribution in [0.2, 0.25) is 0 Å². The Balaban J connectivity index is 1.98. The number of anilines is 1. The molecular weight excluding hydrogens is 326 g/mol. The van der Waals surface area contributed by atoms with Crippen LogP contribution in [0.25, 0.3) is 5.82 Å². The Morgan fingerprint density at radius 3 is 2.87 bits per heavy atom. The lowest BCUT2D eigenvalue weighted by Gasteiger charge is -2.04. The highest BCUT2D eigenvalue weighted by Gasteiger charge is 2.24. The van der Waals surface area contributed by atoms with Crippen molar-refractivity contribution in [3.63, 3.8) is 0 Å². The summed E-state index contributed by atoms with van der Waals surface area (Å²) in [5.41, 5.74) is 6.14. The lowest BCUT2D eigenvalue weighted by Crippen LogP contribution is -2.09. The second-order valence-corrected chi connectivity index (χ2v) is 5.22. The van der Waals surface area contributed by atoms with E-state index in [1.807, 2.05) is 0 Å². The maximum absolute atomic E-state index is 11.9. The minimum Gasteiger partial charge on any atom is -0.464 e. The molecule has 0 spiro atoms. The van der Waals surface area contributed by atoms with E-state index < -0.39 is 5.97 Å². The summed E-state index contributed by atoms with van der Waals surface area (Å²) in [4.78, 5) is 11.9. The summed E-state index contributed by atoms with van der Waals surface area (Å²) < 4.78 is 12.3. The molecule has 0 saturated heterocycles. The fourth-order valence-electron chi connectivity index (χ4n) is 1.73. The third kappa shape index (κ3) is 2.73. The number of hydrogen-bond acceptors (Lipinski definition) is 11. The minimum atomic E-state index is -0.625. The van der Waals surface area contributed by atoms with Gasteiger partial charge in [0.25, 0.3) is 0 Å². The molecule has 12 nitrogen and oxygen atoms in total. The molecule has 3 heterocycles. The fraction of sp³-hybridized carbons (Fsp3) is 0.300. The summed E-state index contributed by atoms with van der Waals surface area (Å²) in [6.45, 7) is 0. The zero-order chi connectivity index (χ0) is 16.4. The van der Waals surface area contributed by atoms with Crippen LogP contribution in [0.15, 0.2) is 16.1 Å². The van der Waals surface area contributed by atoms with Crippen LogP contribution in [0.4, 0.5) is 5.82 Å². The maximum Gasteiger partial charge on any atom is 0.360 e. The standard InChI is InChI=1S/C10H11N9O3S/c1-18-4-12-14-10(18)23-3-5-6(9(20)21-2)13-17-19(5)8-7(11)15-22-16-8/h4H,3H2,1-2H3,(H2,11,15). The summed E-state index contributed by atoms with van der Waals surface area (Å²) in [7, 11) is 3.06. The van der Waals surface area contributed by atoms with Crippen LogP contribution in [0, 0.1) is 0 Å². The van der Waals surface area contributed by atoms with E-state index in [1.54, 1.807) is 17.9 Å². The highest BCUT2D eigenvalue weighted by molar-refractivity contribution is 7.98. The molecule has 0 amide bonds. The lowest BCUT2D eigenvalue weighted by atomic mass is 10.3. The van der Waals surface area contributed by atoms with E-state index in [-0.39, 0.29) is 17.3 Å². The van der Waals surface area contributed by atoms with Gasteiger partial charge in [-0.2, -0.15) is 4.68 Å². The highest BCUT2D eigenvalue weighted by Crippen LogP contribution is 2.24. The number of methoxy groups -OCH3 is 1. The van der Waals surface area contributed by atoms with E-state index in [0.29, 0.717) is 16.6 Å². The predicted octanol–water partition coefficient (Wildman–Crippen LogP) is -0.560. The number of carbonyl (C=O) groups excluding carboxylic acids is 1. The molecule has 0 fully saturated rings. The van der Waals surface area contributed by atoms with Crippen LogP contribution in [-0.4, -0.2) is 53.2 Å². The summed E-state index contributed by atoms with van der Waals surface area (Å²) in [5.74, 6) is -0.159. The highest BCUT2D eigenvalue weighted by atomic mass is 32.2. The van der Waals surface area contributed by atoms with E-state index >= 15 is 0 Å². The molecule has 3 rings (SSSR count). The van der Waals surface area contributed by atoms with Gasteiger partial charge in [-0.15, -0.1) is 15.3 Å². The first-order chi connectivity index (χ1) is 11.1. The molecule has 0 atom stereocenters. The van der Waals surface area contributed by atoms with Crippen LogP contribution >= 0.6 is 11.8 Å². The van der Waals surface area contributed by atoms with Gasteiger partial charge in [0.15, 0.2) is 10.9 Å². The second-order valence-electron chi connectivity index (χ2n) is 4.27. The molecule has 120 valence electrons. The average Bonchev–Trinajstić information content (AvgIpc) is 3.24. The summed E-state index contributed by atoms with van der Waals surface area (Å²) in [5, 5.41) is 23.2. The molecule has 13 heteroatoms. The Hall–Kier alpha value is -2.96. The number of hydrogen-bond donors (Lipinski definition) is 1. The SMILES string of the molecule is COC(=O)c1nnn(-c2nonc2N)c1CSc1nncn1C. The Morgan fingerprint density at radius 2 is 2.26 bits per heavy atom. The van der Waals surface area contributed by atoms with Crippen LogP contribution < -0.4 is 5.73 Å². The van der Waals surface area contributed by atoms with Gasteiger partial charge in [0.1, 0.15) is 6.33 Å². The third-order valence-electron chi connectivity index (χ3n) is 2.85. The van der Waals surface area contributed by atoms with Crippen molar-refractivity contribution >= 4 is 23.5 Å². The zero-order valence-electron chi connectivity index (χ0n) is 12.1. The van der Waals surface area contributed by atoms with Crippen LogP contribution in [0.5, 0.6) is 0 Å². The Kier molecular flexibility index (Phi) is 3.92. The van der Waals surface area contributed by atoms with Gasteiger partial charge < -0.3 is 15.0 Å². The Morgan fingerprint density at radius 1 is 1.43 bits per heavy atom. The van der Waals surface area contributed by atoms with Crippen molar-refractivity contribution in [3.8, 4) is 5.82 Å². The quantitative estimate of drug-likeness (QED) is 0.470. The number of thioether (sulfide) groups is 1. The number of nitrogens with two attached hydrogens (primary N) is 1. The number of aromatic nitrogens is 8. The van der Waals surface area contributed by atoms with E-state index in [2.05, 4.69) is 35.5 Å². The molecule has 2 N–H and O–H groups in total. The van der Waals surface area contributed by atoms with Crippen molar-refractivity contribution in [1.82, 2.24) is 40.1 Å². The van der Waals surface area contributed by atoms with Crippen molar-refractivity contribution in [2.24, 2.45) is 7.05 Å². The van der Waals surface area contributed by atoms with Crippen LogP contribution in [-0.2, 0) is 17.5 Å². The van der Waals surface area contributed by atoms with Gasteiger partial charge >= 0.3 is 5.97 Å². The number of nitrogens with zero attached hydrogens (tertiary/aromatic N) is 8. The number of esters is 1. The van der Waals surface area contributed by atoms with Gasteiger partial charge in [-0.1, -0.05) is 17.0 Å². The van der Waals surface area contributed by atoms with Gasteiger partial charge in [-0.3, -0.25) is 0 Å².